The van der Waals surface area contributed by atoms with E-state index in [1.165, 1.54) is 12.8 Å². The Bertz CT molecular complexity index is 506. The number of hydrogen-bond donors (Lipinski definition) is 1. The lowest BCUT2D eigenvalue weighted by Gasteiger charge is -2.34. The van der Waals surface area contributed by atoms with Crippen molar-refractivity contribution in [1.29, 1.82) is 0 Å². The largest absolute Gasteiger partial charge is 0.347 e. The monoisotopic (exact) mass is 295 g/mol. The first kappa shape index (κ1) is 15.8. The molecule has 1 atom stereocenters. The Morgan fingerprint density at radius 2 is 2.24 bits per heavy atom. The van der Waals surface area contributed by atoms with Crippen molar-refractivity contribution in [3.05, 3.63) is 15.8 Å². The number of anilines is 1. The van der Waals surface area contributed by atoms with E-state index in [1.54, 1.807) is 18.7 Å². The molecule has 0 amide bonds. The quantitative estimate of drug-likeness (QED) is 0.664. The standard InChI is InChI=1S/C14H25N5O2/c1-10(2)18(9-12-7-5-6-8-15-12)14-13(19(20)21)11(3)16-17(14)4/h10,12,15H,5-9H2,1-4H3. The van der Waals surface area contributed by atoms with E-state index in [1.807, 2.05) is 0 Å². The fourth-order valence-corrected chi connectivity index (χ4v) is 3.03. The van der Waals surface area contributed by atoms with E-state index in [4.69, 9.17) is 0 Å². The van der Waals surface area contributed by atoms with Gasteiger partial charge in [-0.15, -0.1) is 0 Å². The fraction of sp³-hybridized carbons (Fsp3) is 0.786. The topological polar surface area (TPSA) is 76.2 Å². The summed E-state index contributed by atoms with van der Waals surface area (Å²) in [5.74, 6) is 0.611. The lowest BCUT2D eigenvalue weighted by Crippen LogP contribution is -2.46. The first-order valence-corrected chi connectivity index (χ1v) is 7.59. The molecule has 118 valence electrons. The van der Waals surface area contributed by atoms with Crippen molar-refractivity contribution < 1.29 is 4.92 Å². The molecule has 1 aromatic heterocycles. The van der Waals surface area contributed by atoms with Crippen LogP contribution in [0, 0.1) is 17.0 Å². The van der Waals surface area contributed by atoms with E-state index < -0.39 is 0 Å². The second-order valence-corrected chi connectivity index (χ2v) is 6.03. The van der Waals surface area contributed by atoms with Crippen LogP contribution in [0.2, 0.25) is 0 Å². The second kappa shape index (κ2) is 6.43. The summed E-state index contributed by atoms with van der Waals surface area (Å²) in [4.78, 5) is 13.2. The third-order valence-corrected chi connectivity index (χ3v) is 4.07. The van der Waals surface area contributed by atoms with Crippen LogP contribution in [-0.4, -0.2) is 39.9 Å². The number of rotatable bonds is 5. The van der Waals surface area contributed by atoms with Crippen molar-refractivity contribution in [3.63, 3.8) is 0 Å². The molecule has 0 aromatic carbocycles. The molecule has 0 aliphatic carbocycles. The predicted octanol–water partition coefficient (Wildman–Crippen LogP) is 1.99. The van der Waals surface area contributed by atoms with Gasteiger partial charge in [-0.2, -0.15) is 5.10 Å². The predicted molar refractivity (Wildman–Crippen MR) is 82.7 cm³/mol. The SMILES string of the molecule is Cc1nn(C)c(N(CC2CCCCN2)C(C)C)c1[N+](=O)[O-]. The molecule has 1 aliphatic heterocycles. The van der Waals surface area contributed by atoms with Gasteiger partial charge >= 0.3 is 5.69 Å². The van der Waals surface area contributed by atoms with E-state index in [0.29, 0.717) is 17.6 Å². The third kappa shape index (κ3) is 3.34. The molecule has 1 saturated heterocycles. The molecule has 1 fully saturated rings. The summed E-state index contributed by atoms with van der Waals surface area (Å²) in [7, 11) is 1.78. The smallest absolute Gasteiger partial charge is 0.333 e. The Morgan fingerprint density at radius 1 is 1.52 bits per heavy atom. The molecule has 0 spiro atoms. The van der Waals surface area contributed by atoms with Crippen LogP contribution in [0.15, 0.2) is 0 Å². The highest BCUT2D eigenvalue weighted by molar-refractivity contribution is 5.61. The van der Waals surface area contributed by atoms with Gasteiger partial charge in [0, 0.05) is 25.7 Å². The van der Waals surface area contributed by atoms with Crippen LogP contribution in [-0.2, 0) is 7.05 Å². The van der Waals surface area contributed by atoms with Crippen LogP contribution < -0.4 is 10.2 Å². The van der Waals surface area contributed by atoms with Gasteiger partial charge in [-0.25, -0.2) is 4.68 Å². The lowest BCUT2D eigenvalue weighted by atomic mass is 10.0. The minimum absolute atomic E-state index is 0.127. The van der Waals surface area contributed by atoms with E-state index in [2.05, 4.69) is 29.2 Å². The van der Waals surface area contributed by atoms with Gasteiger partial charge in [-0.3, -0.25) is 10.1 Å². The lowest BCUT2D eigenvalue weighted by molar-refractivity contribution is -0.384. The molecule has 0 bridgehead atoms. The van der Waals surface area contributed by atoms with Crippen LogP contribution in [0.5, 0.6) is 0 Å². The van der Waals surface area contributed by atoms with E-state index in [-0.39, 0.29) is 16.7 Å². The maximum atomic E-state index is 11.4. The number of aryl methyl sites for hydroxylation is 2. The van der Waals surface area contributed by atoms with Gasteiger partial charge in [0.05, 0.1) is 4.92 Å². The van der Waals surface area contributed by atoms with Gasteiger partial charge in [0.25, 0.3) is 0 Å². The van der Waals surface area contributed by atoms with Crippen LogP contribution in [0.25, 0.3) is 0 Å². The average Bonchev–Trinajstić information content (AvgIpc) is 2.71. The highest BCUT2D eigenvalue weighted by Crippen LogP contribution is 2.32. The Labute approximate surface area is 125 Å². The van der Waals surface area contributed by atoms with Crippen LogP contribution in [0.3, 0.4) is 0 Å². The Balaban J connectivity index is 2.31. The highest BCUT2D eigenvalue weighted by atomic mass is 16.6. The highest BCUT2D eigenvalue weighted by Gasteiger charge is 2.31. The maximum absolute atomic E-state index is 11.4. The Hall–Kier alpha value is -1.63. The van der Waals surface area contributed by atoms with Crippen molar-refractivity contribution in [1.82, 2.24) is 15.1 Å². The van der Waals surface area contributed by atoms with Gasteiger partial charge < -0.3 is 10.2 Å². The summed E-state index contributed by atoms with van der Waals surface area (Å²) in [5.41, 5.74) is 0.599. The molecule has 1 N–H and O–H groups in total. The van der Waals surface area contributed by atoms with E-state index in [9.17, 15) is 10.1 Å². The molecule has 2 heterocycles. The molecular formula is C14H25N5O2. The first-order valence-electron chi connectivity index (χ1n) is 7.59. The molecule has 2 rings (SSSR count). The second-order valence-electron chi connectivity index (χ2n) is 6.03. The van der Waals surface area contributed by atoms with Crippen molar-refractivity contribution in [2.24, 2.45) is 7.05 Å². The molecule has 7 heteroatoms. The summed E-state index contributed by atoms with van der Waals surface area (Å²) in [6.07, 6.45) is 3.55. The van der Waals surface area contributed by atoms with Crippen LogP contribution in [0.1, 0.15) is 38.8 Å². The summed E-state index contributed by atoms with van der Waals surface area (Å²) >= 11 is 0. The number of hydrogen-bond acceptors (Lipinski definition) is 5. The van der Waals surface area contributed by atoms with Crippen LogP contribution >= 0.6 is 0 Å². The normalized spacial score (nSPS) is 19.0. The molecular weight excluding hydrogens is 270 g/mol. The van der Waals surface area contributed by atoms with Gasteiger partial charge in [-0.1, -0.05) is 6.42 Å². The number of nitrogens with one attached hydrogen (secondary N) is 1. The zero-order valence-electron chi connectivity index (χ0n) is 13.3. The Morgan fingerprint density at radius 3 is 2.76 bits per heavy atom. The molecule has 21 heavy (non-hydrogen) atoms. The number of aromatic nitrogens is 2. The van der Waals surface area contributed by atoms with Gasteiger partial charge in [0.1, 0.15) is 5.69 Å². The molecule has 0 radical (unpaired) electrons. The molecule has 1 aromatic rings. The molecule has 0 saturated carbocycles. The maximum Gasteiger partial charge on any atom is 0.333 e. The van der Waals surface area contributed by atoms with Crippen molar-refractivity contribution in [2.45, 2.75) is 52.1 Å². The fourth-order valence-electron chi connectivity index (χ4n) is 3.03. The summed E-state index contributed by atoms with van der Waals surface area (Å²) in [6, 6.07) is 0.568. The molecule has 1 unspecified atom stereocenters. The minimum Gasteiger partial charge on any atom is -0.347 e. The van der Waals surface area contributed by atoms with E-state index >= 15 is 0 Å². The summed E-state index contributed by atoms with van der Waals surface area (Å²) < 4.78 is 1.64. The first-order chi connectivity index (χ1) is 9.91. The van der Waals surface area contributed by atoms with Crippen molar-refractivity contribution in [2.75, 3.05) is 18.0 Å². The number of nitrogens with zero attached hydrogens (tertiary/aromatic N) is 4. The van der Waals surface area contributed by atoms with Gasteiger partial charge in [-0.05, 0) is 40.2 Å². The van der Waals surface area contributed by atoms with Crippen LogP contribution in [0.4, 0.5) is 11.5 Å². The minimum atomic E-state index is -0.318. The van der Waals surface area contributed by atoms with E-state index in [0.717, 1.165) is 19.5 Å². The summed E-state index contributed by atoms with van der Waals surface area (Å²) in [6.45, 7) is 7.63. The summed E-state index contributed by atoms with van der Waals surface area (Å²) in [5, 5.41) is 19.1. The third-order valence-electron chi connectivity index (χ3n) is 4.07. The Kier molecular flexibility index (Phi) is 4.82. The van der Waals surface area contributed by atoms with Crippen molar-refractivity contribution in [3.8, 4) is 0 Å². The number of piperidine rings is 1. The number of nitro groups is 1. The average molecular weight is 295 g/mol. The van der Waals surface area contributed by atoms with Crippen molar-refractivity contribution >= 4 is 11.5 Å². The van der Waals surface area contributed by atoms with Gasteiger partial charge in [0.2, 0.25) is 5.82 Å². The van der Waals surface area contributed by atoms with Gasteiger partial charge in [0.15, 0.2) is 0 Å². The zero-order chi connectivity index (χ0) is 15.6. The zero-order valence-corrected chi connectivity index (χ0v) is 13.3. The molecule has 7 nitrogen and oxygen atoms in total. The molecule has 1 aliphatic rings.